The highest BCUT2D eigenvalue weighted by Gasteiger charge is 2.18. The summed E-state index contributed by atoms with van der Waals surface area (Å²) in [6.07, 6.45) is 4.19. The van der Waals surface area contributed by atoms with Crippen LogP contribution in [0.25, 0.3) is 15.9 Å². The number of hydrogen-bond donors (Lipinski definition) is 3. The monoisotopic (exact) mass is 412 g/mol. The molecule has 1 fully saturated rings. The summed E-state index contributed by atoms with van der Waals surface area (Å²) in [7, 11) is 0. The van der Waals surface area contributed by atoms with Crippen molar-refractivity contribution in [3.63, 3.8) is 0 Å². The Kier molecular flexibility index (Phi) is 5.92. The number of piperidine rings is 1. The third-order valence-electron chi connectivity index (χ3n) is 5.35. The molecule has 8 heteroatoms. The Balaban J connectivity index is 1.38. The minimum atomic E-state index is -0.302. The van der Waals surface area contributed by atoms with Gasteiger partial charge < -0.3 is 4.90 Å². The van der Waals surface area contributed by atoms with E-state index >= 15 is 0 Å². The number of rotatable bonds is 5. The number of nitrogens with zero attached hydrogens (tertiary/aromatic N) is 2. The van der Waals surface area contributed by atoms with E-state index in [1.165, 1.54) is 35.5 Å². The maximum atomic E-state index is 12.5. The van der Waals surface area contributed by atoms with Gasteiger partial charge in [0.2, 0.25) is 5.91 Å². The van der Waals surface area contributed by atoms with Gasteiger partial charge in [-0.05, 0) is 44.4 Å². The van der Waals surface area contributed by atoms with Crippen LogP contribution in [0.4, 0.5) is 0 Å². The van der Waals surface area contributed by atoms with Gasteiger partial charge >= 0.3 is 0 Å². The molecule has 3 aromatic rings. The zero-order chi connectivity index (χ0) is 20.2. The normalized spacial score (nSPS) is 14.8. The van der Waals surface area contributed by atoms with E-state index in [2.05, 4.69) is 16.0 Å². The number of amides is 2. The van der Waals surface area contributed by atoms with Gasteiger partial charge in [-0.3, -0.25) is 20.4 Å². The minimum Gasteiger partial charge on any atom is -0.335 e. The fourth-order valence-electron chi connectivity index (χ4n) is 3.75. The molecule has 29 heavy (non-hydrogen) atoms. The molecule has 0 aliphatic carbocycles. The van der Waals surface area contributed by atoms with Gasteiger partial charge in [0.15, 0.2) is 0 Å². The molecule has 7 nitrogen and oxygen atoms in total. The van der Waals surface area contributed by atoms with Crippen LogP contribution in [0.3, 0.4) is 0 Å². The molecule has 3 heterocycles. The second-order valence-corrected chi connectivity index (χ2v) is 8.51. The molecular formula is C21H26N5O2S+. The lowest BCUT2D eigenvalue weighted by atomic mass is 10.1. The highest BCUT2D eigenvalue weighted by molar-refractivity contribution is 7.20. The van der Waals surface area contributed by atoms with Gasteiger partial charge in [-0.25, -0.2) is 4.68 Å². The number of fused-ring (bicyclic) bond motifs is 1. The van der Waals surface area contributed by atoms with Crippen molar-refractivity contribution in [3.05, 3.63) is 47.0 Å². The molecule has 1 aliphatic heterocycles. The topological polar surface area (TPSA) is 80.5 Å². The smallest absolute Gasteiger partial charge is 0.279 e. The van der Waals surface area contributed by atoms with E-state index in [9.17, 15) is 9.59 Å². The lowest BCUT2D eigenvalue weighted by Crippen LogP contribution is -3.12. The van der Waals surface area contributed by atoms with E-state index in [1.807, 2.05) is 48.0 Å². The first-order valence-electron chi connectivity index (χ1n) is 10.1. The van der Waals surface area contributed by atoms with Gasteiger partial charge in [-0.15, -0.1) is 11.3 Å². The molecule has 0 bridgehead atoms. The Bertz CT molecular complexity index is 1000. The first-order chi connectivity index (χ1) is 14.1. The van der Waals surface area contributed by atoms with E-state index in [1.54, 1.807) is 0 Å². The molecular weight excluding hydrogens is 386 g/mol. The number of likely N-dealkylation sites (tertiary alicyclic amines) is 1. The largest absolute Gasteiger partial charge is 0.335 e. The molecule has 0 unspecified atom stereocenters. The Hall–Kier alpha value is -2.71. The van der Waals surface area contributed by atoms with Crippen molar-refractivity contribution in [1.29, 1.82) is 0 Å². The molecule has 1 aromatic carbocycles. The van der Waals surface area contributed by atoms with E-state index in [4.69, 9.17) is 0 Å². The van der Waals surface area contributed by atoms with Gasteiger partial charge in [-0.1, -0.05) is 18.2 Å². The van der Waals surface area contributed by atoms with Crippen molar-refractivity contribution >= 4 is 33.4 Å². The number of hydrogen-bond acceptors (Lipinski definition) is 4. The molecule has 1 saturated heterocycles. The second-order valence-electron chi connectivity index (χ2n) is 7.48. The average molecular weight is 413 g/mol. The van der Waals surface area contributed by atoms with Crippen LogP contribution in [0.2, 0.25) is 0 Å². The number of para-hydroxylation sites is 1. The number of thiophene rings is 1. The minimum absolute atomic E-state index is 0.149. The summed E-state index contributed by atoms with van der Waals surface area (Å²) in [6.45, 7) is 5.02. The van der Waals surface area contributed by atoms with E-state index in [-0.39, 0.29) is 11.8 Å². The van der Waals surface area contributed by atoms with Gasteiger partial charge in [-0.2, -0.15) is 5.10 Å². The predicted molar refractivity (Wildman–Crippen MR) is 113 cm³/mol. The fourth-order valence-corrected chi connectivity index (χ4v) is 4.82. The van der Waals surface area contributed by atoms with E-state index < -0.39 is 0 Å². The summed E-state index contributed by atoms with van der Waals surface area (Å²) in [4.78, 5) is 27.6. The Labute approximate surface area is 173 Å². The Morgan fingerprint density at radius 1 is 1.14 bits per heavy atom. The van der Waals surface area contributed by atoms with Crippen LogP contribution in [0, 0.1) is 6.92 Å². The zero-order valence-corrected chi connectivity index (χ0v) is 17.3. The first kappa shape index (κ1) is 19.6. The molecule has 0 spiro atoms. The van der Waals surface area contributed by atoms with Crippen LogP contribution in [-0.2, 0) is 4.79 Å². The summed E-state index contributed by atoms with van der Waals surface area (Å²) in [6, 6.07) is 11.7. The molecule has 152 valence electrons. The van der Waals surface area contributed by atoms with Gasteiger partial charge in [0.05, 0.1) is 42.3 Å². The number of quaternary nitrogens is 1. The fraction of sp³-hybridized carbons (Fsp3) is 0.381. The van der Waals surface area contributed by atoms with Gasteiger partial charge in [0, 0.05) is 5.39 Å². The highest BCUT2D eigenvalue weighted by Crippen LogP contribution is 2.30. The van der Waals surface area contributed by atoms with Crippen molar-refractivity contribution < 1.29 is 14.5 Å². The molecule has 2 aromatic heterocycles. The maximum absolute atomic E-state index is 12.5. The zero-order valence-electron chi connectivity index (χ0n) is 16.5. The third-order valence-corrected chi connectivity index (χ3v) is 6.46. The highest BCUT2D eigenvalue weighted by atomic mass is 32.1. The maximum Gasteiger partial charge on any atom is 0.279 e. The number of aromatic nitrogens is 2. The van der Waals surface area contributed by atoms with Crippen LogP contribution in [0.1, 0.15) is 41.0 Å². The number of carbonyl (C=O) groups excluding carboxylic acids is 2. The molecule has 2 amide bonds. The molecule has 1 aliphatic rings. The number of benzene rings is 1. The average Bonchev–Trinajstić information content (AvgIpc) is 3.32. The SMILES string of the molecule is Cc1nn(-c2ccccc2)c2sc(C(=O)NNC(=O)CC[NH+]3CCCCC3)cc12. The second kappa shape index (κ2) is 8.75. The lowest BCUT2D eigenvalue weighted by molar-refractivity contribution is -0.904. The molecule has 4 rings (SSSR count). The van der Waals surface area contributed by atoms with Crippen molar-refractivity contribution in [2.45, 2.75) is 32.6 Å². The van der Waals surface area contributed by atoms with Crippen molar-refractivity contribution in [1.82, 2.24) is 20.6 Å². The standard InChI is InChI=1S/C21H25N5O2S/c1-15-17-14-18(29-21(17)26(24-15)16-8-4-2-5-9-16)20(28)23-22-19(27)10-13-25-11-6-3-7-12-25/h2,4-5,8-9,14H,3,6-7,10-13H2,1H3,(H,22,27)(H,23,28)/p+1. The first-order valence-corrected chi connectivity index (χ1v) is 10.9. The van der Waals surface area contributed by atoms with Gasteiger partial charge in [0.1, 0.15) is 4.83 Å². The predicted octanol–water partition coefficient (Wildman–Crippen LogP) is 1.62. The van der Waals surface area contributed by atoms with Crippen LogP contribution < -0.4 is 15.8 Å². The lowest BCUT2D eigenvalue weighted by Gasteiger charge is -2.23. The molecule has 0 saturated carbocycles. The van der Waals surface area contributed by atoms with Crippen molar-refractivity contribution in [2.75, 3.05) is 19.6 Å². The van der Waals surface area contributed by atoms with E-state index in [0.29, 0.717) is 11.3 Å². The van der Waals surface area contributed by atoms with Crippen LogP contribution in [0.15, 0.2) is 36.4 Å². The molecule has 0 radical (unpaired) electrons. The van der Waals surface area contributed by atoms with Crippen molar-refractivity contribution in [3.8, 4) is 5.69 Å². The number of nitrogens with one attached hydrogen (secondary N) is 3. The number of hydrazine groups is 1. The van der Waals surface area contributed by atoms with Crippen LogP contribution in [-0.4, -0.2) is 41.2 Å². The van der Waals surface area contributed by atoms with Gasteiger partial charge in [0.25, 0.3) is 5.91 Å². The Morgan fingerprint density at radius 3 is 2.66 bits per heavy atom. The number of aryl methyl sites for hydroxylation is 1. The summed E-state index contributed by atoms with van der Waals surface area (Å²) >= 11 is 1.37. The summed E-state index contributed by atoms with van der Waals surface area (Å²) in [5.74, 6) is -0.451. The summed E-state index contributed by atoms with van der Waals surface area (Å²) < 4.78 is 1.85. The van der Waals surface area contributed by atoms with Crippen LogP contribution >= 0.6 is 11.3 Å². The Morgan fingerprint density at radius 2 is 1.90 bits per heavy atom. The van der Waals surface area contributed by atoms with Crippen LogP contribution in [0.5, 0.6) is 0 Å². The number of carbonyl (C=O) groups is 2. The van der Waals surface area contributed by atoms with E-state index in [0.717, 1.165) is 41.2 Å². The van der Waals surface area contributed by atoms with Crippen molar-refractivity contribution in [2.24, 2.45) is 0 Å². The molecule has 0 atom stereocenters. The quantitative estimate of drug-likeness (QED) is 0.557. The summed E-state index contributed by atoms with van der Waals surface area (Å²) in [5, 5.41) is 5.53. The summed E-state index contributed by atoms with van der Waals surface area (Å²) in [5.41, 5.74) is 6.92. The third kappa shape index (κ3) is 4.49. The molecule has 3 N–H and O–H groups in total.